The molecule has 1 aromatic carbocycles. The van der Waals surface area contributed by atoms with E-state index in [0.29, 0.717) is 6.42 Å². The van der Waals surface area contributed by atoms with E-state index in [1.54, 1.807) is 6.08 Å². The van der Waals surface area contributed by atoms with Crippen LogP contribution in [0.25, 0.3) is 6.08 Å². The molecule has 0 saturated heterocycles. The molecule has 0 fully saturated rings. The van der Waals surface area contributed by atoms with Crippen LogP contribution >= 0.6 is 0 Å². The third kappa shape index (κ3) is 5.34. The summed E-state index contributed by atoms with van der Waals surface area (Å²) in [6, 6.07) is 7.79. The van der Waals surface area contributed by atoms with Crippen molar-refractivity contribution in [1.82, 2.24) is 0 Å². The van der Waals surface area contributed by atoms with Gasteiger partial charge < -0.3 is 4.74 Å². The molecule has 2 nitrogen and oxygen atoms in total. The minimum atomic E-state index is 0.147. The maximum absolute atomic E-state index is 11.1. The van der Waals surface area contributed by atoms with E-state index in [0.717, 1.165) is 30.8 Å². The van der Waals surface area contributed by atoms with Crippen LogP contribution in [-0.2, 0) is 4.79 Å². The Morgan fingerprint density at radius 1 is 1.24 bits per heavy atom. The molecule has 0 radical (unpaired) electrons. The van der Waals surface area contributed by atoms with E-state index in [4.69, 9.17) is 4.74 Å². The average Bonchev–Trinajstić information content (AvgIpc) is 2.37. The Hall–Kier alpha value is -1.57. The zero-order chi connectivity index (χ0) is 12.5. The number of unbranched alkanes of at least 4 members (excludes halogenated alkanes) is 1. The molecule has 0 atom stereocenters. The normalized spacial score (nSPS) is 10.7. The largest absolute Gasteiger partial charge is 0.494 e. The fourth-order valence-electron chi connectivity index (χ4n) is 1.32. The highest BCUT2D eigenvalue weighted by molar-refractivity contribution is 5.93. The van der Waals surface area contributed by atoms with Gasteiger partial charge in [0.1, 0.15) is 5.75 Å². The van der Waals surface area contributed by atoms with Crippen LogP contribution in [0.2, 0.25) is 0 Å². The fourth-order valence-corrected chi connectivity index (χ4v) is 1.32. The highest BCUT2D eigenvalue weighted by Gasteiger charge is 1.94. The molecule has 0 aliphatic carbocycles. The van der Waals surface area contributed by atoms with Gasteiger partial charge in [-0.1, -0.05) is 38.5 Å². The second-order valence-electron chi connectivity index (χ2n) is 3.92. The number of hydrogen-bond acceptors (Lipinski definition) is 2. The quantitative estimate of drug-likeness (QED) is 0.527. The maximum atomic E-state index is 11.1. The summed E-state index contributed by atoms with van der Waals surface area (Å²) < 4.78 is 5.56. The van der Waals surface area contributed by atoms with Gasteiger partial charge in [-0.25, -0.2) is 0 Å². The third-order valence-corrected chi connectivity index (χ3v) is 2.46. The van der Waals surface area contributed by atoms with Crippen molar-refractivity contribution >= 4 is 11.9 Å². The lowest BCUT2D eigenvalue weighted by Crippen LogP contribution is -1.95. The molecule has 0 bridgehead atoms. The lowest BCUT2D eigenvalue weighted by atomic mass is 10.2. The summed E-state index contributed by atoms with van der Waals surface area (Å²) in [6.07, 6.45) is 6.22. The first-order valence-electron chi connectivity index (χ1n) is 6.20. The van der Waals surface area contributed by atoms with Crippen molar-refractivity contribution in [2.24, 2.45) is 0 Å². The van der Waals surface area contributed by atoms with Gasteiger partial charge in [0.25, 0.3) is 0 Å². The molecule has 0 amide bonds. The molecule has 0 aliphatic heterocycles. The van der Waals surface area contributed by atoms with Crippen LogP contribution in [0.1, 0.15) is 38.7 Å². The number of allylic oxidation sites excluding steroid dienone is 1. The van der Waals surface area contributed by atoms with E-state index < -0.39 is 0 Å². The van der Waals surface area contributed by atoms with Crippen LogP contribution in [0, 0.1) is 0 Å². The van der Waals surface area contributed by atoms with Crippen LogP contribution in [-0.4, -0.2) is 12.4 Å². The minimum Gasteiger partial charge on any atom is -0.494 e. The third-order valence-electron chi connectivity index (χ3n) is 2.46. The molecule has 17 heavy (non-hydrogen) atoms. The van der Waals surface area contributed by atoms with E-state index in [1.807, 2.05) is 37.3 Å². The average molecular weight is 232 g/mol. The Kier molecular flexibility index (Phi) is 6.08. The Bertz CT molecular complexity index is 363. The van der Waals surface area contributed by atoms with Gasteiger partial charge >= 0.3 is 0 Å². The van der Waals surface area contributed by atoms with Crippen molar-refractivity contribution in [2.75, 3.05) is 6.61 Å². The van der Waals surface area contributed by atoms with Gasteiger partial charge in [0.2, 0.25) is 0 Å². The summed E-state index contributed by atoms with van der Waals surface area (Å²) in [5, 5.41) is 0. The van der Waals surface area contributed by atoms with E-state index in [-0.39, 0.29) is 5.78 Å². The Balaban J connectivity index is 2.50. The minimum absolute atomic E-state index is 0.147. The highest BCUT2D eigenvalue weighted by Crippen LogP contribution is 2.13. The number of carbonyl (C=O) groups is 1. The van der Waals surface area contributed by atoms with Crippen LogP contribution < -0.4 is 4.74 Å². The van der Waals surface area contributed by atoms with Crippen molar-refractivity contribution in [3.05, 3.63) is 35.9 Å². The van der Waals surface area contributed by atoms with Crippen molar-refractivity contribution in [3.8, 4) is 5.75 Å². The van der Waals surface area contributed by atoms with E-state index in [9.17, 15) is 4.79 Å². The van der Waals surface area contributed by atoms with Gasteiger partial charge in [-0.15, -0.1) is 0 Å². The number of benzene rings is 1. The summed E-state index contributed by atoms with van der Waals surface area (Å²) in [4.78, 5) is 11.1. The number of ether oxygens (including phenoxy) is 1. The summed E-state index contributed by atoms with van der Waals surface area (Å²) in [7, 11) is 0. The predicted molar refractivity (Wildman–Crippen MR) is 71.2 cm³/mol. The molecule has 0 aromatic heterocycles. The molecule has 1 rings (SSSR count). The molecule has 0 aliphatic rings. The Morgan fingerprint density at radius 3 is 2.53 bits per heavy atom. The standard InChI is InChI=1S/C15H20O2/c1-3-5-12-17-15-10-7-13(8-11-15)6-9-14(16)4-2/h6-11H,3-5,12H2,1-2H3. The van der Waals surface area contributed by atoms with Crippen LogP contribution in [0.5, 0.6) is 5.75 Å². The Morgan fingerprint density at radius 2 is 1.94 bits per heavy atom. The summed E-state index contributed by atoms with van der Waals surface area (Å²) >= 11 is 0. The number of ketones is 1. The summed E-state index contributed by atoms with van der Waals surface area (Å²) in [6.45, 7) is 4.76. The number of hydrogen-bond donors (Lipinski definition) is 0. The summed E-state index contributed by atoms with van der Waals surface area (Å²) in [5.41, 5.74) is 1.02. The zero-order valence-corrected chi connectivity index (χ0v) is 10.6. The van der Waals surface area contributed by atoms with Crippen LogP contribution in [0.3, 0.4) is 0 Å². The second kappa shape index (κ2) is 7.66. The van der Waals surface area contributed by atoms with Gasteiger partial charge in [0, 0.05) is 6.42 Å². The molecule has 0 saturated carbocycles. The second-order valence-corrected chi connectivity index (χ2v) is 3.92. The molecule has 0 heterocycles. The van der Waals surface area contributed by atoms with Crippen molar-refractivity contribution < 1.29 is 9.53 Å². The van der Waals surface area contributed by atoms with Crippen molar-refractivity contribution in [2.45, 2.75) is 33.1 Å². The SMILES string of the molecule is CCCCOc1ccc(C=CC(=O)CC)cc1. The van der Waals surface area contributed by atoms with Crippen molar-refractivity contribution in [1.29, 1.82) is 0 Å². The predicted octanol–water partition coefficient (Wildman–Crippen LogP) is 3.86. The molecule has 1 aromatic rings. The summed E-state index contributed by atoms with van der Waals surface area (Å²) in [5.74, 6) is 1.03. The zero-order valence-electron chi connectivity index (χ0n) is 10.6. The molecular formula is C15H20O2. The van der Waals surface area contributed by atoms with Gasteiger partial charge in [-0.2, -0.15) is 0 Å². The van der Waals surface area contributed by atoms with Gasteiger partial charge in [0.15, 0.2) is 5.78 Å². The van der Waals surface area contributed by atoms with Gasteiger partial charge in [0.05, 0.1) is 6.61 Å². The van der Waals surface area contributed by atoms with E-state index >= 15 is 0 Å². The molecule has 0 N–H and O–H groups in total. The molecule has 0 unspecified atom stereocenters. The lowest BCUT2D eigenvalue weighted by molar-refractivity contribution is -0.114. The first-order chi connectivity index (χ1) is 8.26. The first kappa shape index (κ1) is 13.5. The monoisotopic (exact) mass is 232 g/mol. The molecule has 92 valence electrons. The number of carbonyl (C=O) groups excluding carboxylic acids is 1. The molecular weight excluding hydrogens is 212 g/mol. The molecule has 2 heteroatoms. The fraction of sp³-hybridized carbons (Fsp3) is 0.400. The smallest absolute Gasteiger partial charge is 0.155 e. The maximum Gasteiger partial charge on any atom is 0.155 e. The van der Waals surface area contributed by atoms with Crippen molar-refractivity contribution in [3.63, 3.8) is 0 Å². The van der Waals surface area contributed by atoms with Crippen LogP contribution in [0.4, 0.5) is 0 Å². The highest BCUT2D eigenvalue weighted by atomic mass is 16.5. The lowest BCUT2D eigenvalue weighted by Gasteiger charge is -2.04. The Labute approximate surface area is 103 Å². The van der Waals surface area contributed by atoms with E-state index in [1.165, 1.54) is 0 Å². The van der Waals surface area contributed by atoms with E-state index in [2.05, 4.69) is 6.92 Å². The van der Waals surface area contributed by atoms with Gasteiger partial charge in [-0.3, -0.25) is 4.79 Å². The molecule has 0 spiro atoms. The number of rotatable bonds is 7. The topological polar surface area (TPSA) is 26.3 Å². The van der Waals surface area contributed by atoms with Crippen LogP contribution in [0.15, 0.2) is 30.3 Å². The first-order valence-corrected chi connectivity index (χ1v) is 6.20. The van der Waals surface area contributed by atoms with Gasteiger partial charge in [-0.05, 0) is 30.2 Å².